The summed E-state index contributed by atoms with van der Waals surface area (Å²) < 4.78 is 0. The van der Waals surface area contributed by atoms with Crippen molar-refractivity contribution in [2.45, 2.75) is 13.8 Å². The Morgan fingerprint density at radius 3 is 2.53 bits per heavy atom. The summed E-state index contributed by atoms with van der Waals surface area (Å²) in [4.78, 5) is 11.5. The van der Waals surface area contributed by atoms with E-state index in [1.54, 1.807) is 26.0 Å². The van der Waals surface area contributed by atoms with E-state index in [4.69, 9.17) is 23.2 Å². The Labute approximate surface area is 98.1 Å². The molecule has 1 amide bonds. The predicted molar refractivity (Wildman–Crippen MR) is 62.7 cm³/mol. The number of carbonyl (C=O) groups excluding carboxylic acids is 1. The van der Waals surface area contributed by atoms with Crippen molar-refractivity contribution in [3.63, 3.8) is 0 Å². The predicted octanol–water partition coefficient (Wildman–Crippen LogP) is 3.12. The lowest BCUT2D eigenvalue weighted by Crippen LogP contribution is -2.18. The first kappa shape index (κ1) is 12.0. The molecule has 5 heteroatoms. The standard InChI is InChI=1S/C10H10Cl2N2O/c1-6(2)13-14-10(15)8-4-3-7(11)5-9(8)12/h3-5H,1-2H3,(H,14,15). The Morgan fingerprint density at radius 1 is 1.33 bits per heavy atom. The van der Waals surface area contributed by atoms with Gasteiger partial charge in [-0.3, -0.25) is 4.79 Å². The first-order valence-corrected chi connectivity index (χ1v) is 5.02. The number of hydrogen-bond acceptors (Lipinski definition) is 2. The number of hydrogen-bond donors (Lipinski definition) is 1. The highest BCUT2D eigenvalue weighted by Gasteiger charge is 2.09. The molecular formula is C10H10Cl2N2O. The molecule has 15 heavy (non-hydrogen) atoms. The van der Waals surface area contributed by atoms with Gasteiger partial charge in [0.25, 0.3) is 5.91 Å². The van der Waals surface area contributed by atoms with Crippen molar-refractivity contribution in [1.29, 1.82) is 0 Å². The Kier molecular flexibility index (Phi) is 4.12. The van der Waals surface area contributed by atoms with Crippen LogP contribution in [-0.2, 0) is 0 Å². The van der Waals surface area contributed by atoms with Crippen molar-refractivity contribution in [3.05, 3.63) is 33.8 Å². The van der Waals surface area contributed by atoms with E-state index in [1.165, 1.54) is 6.07 Å². The summed E-state index contributed by atoms with van der Waals surface area (Å²) in [5.74, 6) is -0.349. The van der Waals surface area contributed by atoms with Crippen LogP contribution in [0.1, 0.15) is 24.2 Å². The Morgan fingerprint density at radius 2 is 2.00 bits per heavy atom. The van der Waals surface area contributed by atoms with Crippen molar-refractivity contribution in [1.82, 2.24) is 5.43 Å². The second-order valence-corrected chi connectivity index (χ2v) is 3.97. The number of amides is 1. The van der Waals surface area contributed by atoms with Crippen LogP contribution in [0.4, 0.5) is 0 Å². The fourth-order valence-electron chi connectivity index (χ4n) is 0.896. The van der Waals surface area contributed by atoms with Gasteiger partial charge in [0.1, 0.15) is 0 Å². The van der Waals surface area contributed by atoms with E-state index in [0.717, 1.165) is 5.71 Å². The summed E-state index contributed by atoms with van der Waals surface area (Å²) in [6, 6.07) is 4.67. The average Bonchev–Trinajstić information content (AvgIpc) is 2.14. The molecule has 0 unspecified atom stereocenters. The molecular weight excluding hydrogens is 235 g/mol. The minimum absolute atomic E-state index is 0.309. The third-order valence-electron chi connectivity index (χ3n) is 1.56. The highest BCUT2D eigenvalue weighted by atomic mass is 35.5. The first-order chi connectivity index (χ1) is 7.00. The van der Waals surface area contributed by atoms with Crippen molar-refractivity contribution in [2.24, 2.45) is 5.10 Å². The van der Waals surface area contributed by atoms with Crippen molar-refractivity contribution < 1.29 is 4.79 Å². The molecule has 0 heterocycles. The van der Waals surface area contributed by atoms with E-state index < -0.39 is 0 Å². The lowest BCUT2D eigenvalue weighted by Gasteiger charge is -2.03. The fourth-order valence-corrected chi connectivity index (χ4v) is 1.39. The minimum Gasteiger partial charge on any atom is -0.267 e. The molecule has 0 fully saturated rings. The maximum atomic E-state index is 11.5. The second kappa shape index (κ2) is 5.14. The second-order valence-electron chi connectivity index (χ2n) is 3.12. The molecule has 0 atom stereocenters. The maximum Gasteiger partial charge on any atom is 0.272 e. The molecule has 3 nitrogen and oxygen atoms in total. The van der Waals surface area contributed by atoms with Crippen molar-refractivity contribution in [3.8, 4) is 0 Å². The third-order valence-corrected chi connectivity index (χ3v) is 2.10. The molecule has 1 rings (SSSR count). The molecule has 0 bridgehead atoms. The lowest BCUT2D eigenvalue weighted by atomic mass is 10.2. The summed E-state index contributed by atoms with van der Waals surface area (Å²) in [6.45, 7) is 3.56. The van der Waals surface area contributed by atoms with E-state index in [9.17, 15) is 4.79 Å². The average molecular weight is 245 g/mol. The Balaban J connectivity index is 2.87. The number of rotatable bonds is 2. The summed E-state index contributed by atoms with van der Waals surface area (Å²) in [5, 5.41) is 4.59. The van der Waals surface area contributed by atoms with Crippen LogP contribution < -0.4 is 5.43 Å². The number of nitrogens with zero attached hydrogens (tertiary/aromatic N) is 1. The molecule has 1 aromatic rings. The Hall–Kier alpha value is -1.06. The number of halogens is 2. The molecule has 0 saturated heterocycles. The molecule has 1 aromatic carbocycles. The zero-order chi connectivity index (χ0) is 11.4. The molecule has 0 aromatic heterocycles. The van der Waals surface area contributed by atoms with Gasteiger partial charge in [-0.1, -0.05) is 23.2 Å². The fraction of sp³-hybridized carbons (Fsp3) is 0.200. The summed E-state index contributed by atoms with van der Waals surface area (Å²) in [6.07, 6.45) is 0. The van der Waals surface area contributed by atoms with Crippen LogP contribution in [0.15, 0.2) is 23.3 Å². The number of carbonyl (C=O) groups is 1. The highest BCUT2D eigenvalue weighted by Crippen LogP contribution is 2.20. The van der Waals surface area contributed by atoms with Gasteiger partial charge < -0.3 is 0 Å². The van der Waals surface area contributed by atoms with E-state index >= 15 is 0 Å². The quantitative estimate of drug-likeness (QED) is 0.631. The van der Waals surface area contributed by atoms with Crippen LogP contribution in [0.3, 0.4) is 0 Å². The molecule has 0 radical (unpaired) electrons. The van der Waals surface area contributed by atoms with Gasteiger partial charge in [0.05, 0.1) is 10.6 Å². The van der Waals surface area contributed by atoms with Gasteiger partial charge >= 0.3 is 0 Å². The van der Waals surface area contributed by atoms with Gasteiger partial charge in [-0.05, 0) is 32.0 Å². The summed E-state index contributed by atoms with van der Waals surface area (Å²) in [7, 11) is 0. The van der Waals surface area contributed by atoms with Crippen LogP contribution >= 0.6 is 23.2 Å². The monoisotopic (exact) mass is 244 g/mol. The normalized spacial score (nSPS) is 9.60. The van der Waals surface area contributed by atoms with Crippen LogP contribution in [0.2, 0.25) is 10.0 Å². The number of nitrogens with one attached hydrogen (secondary N) is 1. The molecule has 0 aliphatic rings. The van der Waals surface area contributed by atoms with E-state index in [-0.39, 0.29) is 5.91 Å². The van der Waals surface area contributed by atoms with Crippen LogP contribution in [0.5, 0.6) is 0 Å². The topological polar surface area (TPSA) is 41.5 Å². The van der Waals surface area contributed by atoms with Gasteiger partial charge in [0, 0.05) is 10.7 Å². The van der Waals surface area contributed by atoms with E-state index in [0.29, 0.717) is 15.6 Å². The van der Waals surface area contributed by atoms with Gasteiger partial charge in [-0.25, -0.2) is 5.43 Å². The smallest absolute Gasteiger partial charge is 0.267 e. The highest BCUT2D eigenvalue weighted by molar-refractivity contribution is 6.36. The van der Waals surface area contributed by atoms with Crippen LogP contribution in [0, 0.1) is 0 Å². The first-order valence-electron chi connectivity index (χ1n) is 4.27. The largest absolute Gasteiger partial charge is 0.272 e. The van der Waals surface area contributed by atoms with E-state index in [1.807, 2.05) is 0 Å². The molecule has 1 N–H and O–H groups in total. The third kappa shape index (κ3) is 3.53. The summed E-state index contributed by atoms with van der Waals surface area (Å²) in [5.41, 5.74) is 3.49. The minimum atomic E-state index is -0.349. The Bertz CT molecular complexity index is 412. The van der Waals surface area contributed by atoms with Gasteiger partial charge in [0.15, 0.2) is 0 Å². The molecule has 80 valence electrons. The zero-order valence-electron chi connectivity index (χ0n) is 8.34. The van der Waals surface area contributed by atoms with Crippen molar-refractivity contribution >= 4 is 34.8 Å². The molecule has 0 aliphatic heterocycles. The zero-order valence-corrected chi connectivity index (χ0v) is 9.86. The van der Waals surface area contributed by atoms with Gasteiger partial charge in [0.2, 0.25) is 0 Å². The van der Waals surface area contributed by atoms with Gasteiger partial charge in [-0.2, -0.15) is 5.10 Å². The lowest BCUT2D eigenvalue weighted by molar-refractivity contribution is 0.0955. The summed E-state index contributed by atoms with van der Waals surface area (Å²) >= 11 is 11.6. The molecule has 0 aliphatic carbocycles. The van der Waals surface area contributed by atoms with Crippen LogP contribution in [-0.4, -0.2) is 11.6 Å². The maximum absolute atomic E-state index is 11.5. The molecule has 0 saturated carbocycles. The van der Waals surface area contributed by atoms with Gasteiger partial charge in [-0.15, -0.1) is 0 Å². The SMILES string of the molecule is CC(C)=NNC(=O)c1ccc(Cl)cc1Cl. The molecule has 0 spiro atoms. The van der Waals surface area contributed by atoms with Crippen LogP contribution in [0.25, 0.3) is 0 Å². The van der Waals surface area contributed by atoms with E-state index in [2.05, 4.69) is 10.5 Å². The number of benzene rings is 1. The number of hydrazone groups is 1. The van der Waals surface area contributed by atoms with Crippen molar-refractivity contribution in [2.75, 3.05) is 0 Å².